The van der Waals surface area contributed by atoms with Gasteiger partial charge in [0.05, 0.1) is 11.0 Å². The molecule has 3 aliphatic rings. The summed E-state index contributed by atoms with van der Waals surface area (Å²) in [7, 11) is 0. The van der Waals surface area contributed by atoms with Gasteiger partial charge >= 0.3 is 0 Å². The molecule has 2 atom stereocenters. The summed E-state index contributed by atoms with van der Waals surface area (Å²) in [5.41, 5.74) is 0.875. The van der Waals surface area contributed by atoms with E-state index >= 15 is 0 Å². The Kier molecular flexibility index (Phi) is 7.32. The van der Waals surface area contributed by atoms with Gasteiger partial charge in [-0.25, -0.2) is 0 Å². The van der Waals surface area contributed by atoms with Crippen LogP contribution in [-0.4, -0.2) is 76.2 Å². The van der Waals surface area contributed by atoms with Gasteiger partial charge < -0.3 is 9.80 Å². The maximum Gasteiger partial charge on any atom is 0.273 e. The first kappa shape index (κ1) is 23.7. The Balaban J connectivity index is 1.45. The standard InChI is InChI=1S/C25H36N4O4/c1-18-10-11-21(17-22(18)29(32)33)24(30)27-15-13-26(14-16-27)23(20-8-3-4-9-20)25(31)28-12-6-5-7-19(28)2/h10-11,17,19-20,23H,3-9,12-16H2,1-2H3/t19-,23+/m0/s1. The Hall–Kier alpha value is -2.48. The average molecular weight is 457 g/mol. The molecule has 0 bridgehead atoms. The minimum absolute atomic E-state index is 0.0259. The van der Waals surface area contributed by atoms with E-state index in [1.807, 2.05) is 0 Å². The zero-order valence-corrected chi connectivity index (χ0v) is 19.9. The number of nitrogens with zero attached hydrogens (tertiary/aromatic N) is 4. The summed E-state index contributed by atoms with van der Waals surface area (Å²) in [5.74, 6) is 0.503. The summed E-state index contributed by atoms with van der Waals surface area (Å²) in [6.07, 6.45) is 7.93. The van der Waals surface area contributed by atoms with Crippen LogP contribution in [0.1, 0.15) is 67.8 Å². The molecule has 0 N–H and O–H groups in total. The lowest BCUT2D eigenvalue weighted by Crippen LogP contribution is -2.60. The second-order valence-electron chi connectivity index (χ2n) is 9.95. The Morgan fingerprint density at radius 2 is 1.67 bits per heavy atom. The number of aryl methyl sites for hydroxylation is 1. The summed E-state index contributed by atoms with van der Waals surface area (Å²) >= 11 is 0. The molecule has 0 radical (unpaired) electrons. The van der Waals surface area contributed by atoms with Gasteiger partial charge in [-0.2, -0.15) is 0 Å². The van der Waals surface area contributed by atoms with Crippen molar-refractivity contribution in [1.29, 1.82) is 0 Å². The van der Waals surface area contributed by atoms with E-state index in [0.29, 0.717) is 49.3 Å². The van der Waals surface area contributed by atoms with Gasteiger partial charge in [0, 0.05) is 56.0 Å². The van der Waals surface area contributed by atoms with E-state index in [0.717, 1.165) is 32.2 Å². The summed E-state index contributed by atoms with van der Waals surface area (Å²) in [6.45, 7) is 7.09. The van der Waals surface area contributed by atoms with Crippen LogP contribution in [0.4, 0.5) is 5.69 Å². The van der Waals surface area contributed by atoms with Crippen molar-refractivity contribution in [1.82, 2.24) is 14.7 Å². The van der Waals surface area contributed by atoms with Gasteiger partial charge in [0.25, 0.3) is 11.6 Å². The summed E-state index contributed by atoms with van der Waals surface area (Å²) in [5, 5.41) is 11.3. The molecule has 1 aromatic carbocycles. The molecule has 33 heavy (non-hydrogen) atoms. The number of nitro groups is 1. The SMILES string of the molecule is Cc1ccc(C(=O)N2CCN([C@@H](C(=O)N3CCCC[C@@H]3C)C3CCCC3)CC2)cc1[N+](=O)[O-]. The maximum absolute atomic E-state index is 13.7. The molecule has 2 saturated heterocycles. The number of hydrogen-bond donors (Lipinski definition) is 0. The molecule has 0 aromatic heterocycles. The molecule has 3 fully saturated rings. The van der Waals surface area contributed by atoms with Crippen molar-refractivity contribution >= 4 is 17.5 Å². The number of likely N-dealkylation sites (tertiary alicyclic amines) is 1. The first-order chi connectivity index (χ1) is 15.9. The lowest BCUT2D eigenvalue weighted by Gasteiger charge is -2.44. The molecule has 0 unspecified atom stereocenters. The lowest BCUT2D eigenvalue weighted by atomic mass is 9.92. The number of hydrogen-bond acceptors (Lipinski definition) is 5. The van der Waals surface area contributed by atoms with E-state index in [2.05, 4.69) is 16.7 Å². The number of nitro benzene ring substituents is 1. The van der Waals surface area contributed by atoms with Crippen LogP contribution in [0.3, 0.4) is 0 Å². The van der Waals surface area contributed by atoms with Gasteiger partial charge in [-0.3, -0.25) is 24.6 Å². The molecule has 1 aromatic rings. The van der Waals surface area contributed by atoms with Crippen LogP contribution in [-0.2, 0) is 4.79 Å². The Labute approximate surface area is 196 Å². The molecule has 1 aliphatic carbocycles. The van der Waals surface area contributed by atoms with Gasteiger partial charge in [-0.15, -0.1) is 0 Å². The van der Waals surface area contributed by atoms with Crippen LogP contribution in [0.15, 0.2) is 18.2 Å². The van der Waals surface area contributed by atoms with E-state index in [4.69, 9.17) is 0 Å². The van der Waals surface area contributed by atoms with Gasteiger partial charge in [0.2, 0.25) is 5.91 Å². The molecule has 8 heteroatoms. The number of piperazine rings is 1. The van der Waals surface area contributed by atoms with Gasteiger partial charge in [0.15, 0.2) is 0 Å². The van der Waals surface area contributed by atoms with E-state index < -0.39 is 4.92 Å². The predicted octanol–water partition coefficient (Wildman–Crippen LogP) is 3.62. The van der Waals surface area contributed by atoms with E-state index in [-0.39, 0.29) is 23.5 Å². The zero-order chi connectivity index (χ0) is 23.5. The number of benzene rings is 1. The monoisotopic (exact) mass is 456 g/mol. The summed E-state index contributed by atoms with van der Waals surface area (Å²) < 4.78 is 0. The van der Waals surface area contributed by atoms with Gasteiger partial charge in [-0.1, -0.05) is 18.9 Å². The Morgan fingerprint density at radius 3 is 2.30 bits per heavy atom. The van der Waals surface area contributed by atoms with Crippen LogP contribution in [0.5, 0.6) is 0 Å². The maximum atomic E-state index is 13.7. The highest BCUT2D eigenvalue weighted by Gasteiger charge is 2.40. The molecule has 0 spiro atoms. The number of piperidine rings is 1. The topological polar surface area (TPSA) is 87.0 Å². The van der Waals surface area contributed by atoms with Gasteiger partial charge in [-0.05, 0) is 57.9 Å². The molecule has 2 aliphatic heterocycles. The van der Waals surface area contributed by atoms with Crippen LogP contribution in [0, 0.1) is 23.0 Å². The average Bonchev–Trinajstić information content (AvgIpc) is 3.34. The molecule has 2 amide bonds. The number of rotatable bonds is 5. The van der Waals surface area contributed by atoms with Crippen LogP contribution in [0.25, 0.3) is 0 Å². The fourth-order valence-corrected chi connectivity index (χ4v) is 5.85. The molecular weight excluding hydrogens is 420 g/mol. The minimum Gasteiger partial charge on any atom is -0.339 e. The quantitative estimate of drug-likeness (QED) is 0.499. The van der Waals surface area contributed by atoms with Crippen molar-refractivity contribution in [2.45, 2.75) is 70.9 Å². The molecule has 1 saturated carbocycles. The van der Waals surface area contributed by atoms with Crippen molar-refractivity contribution in [3.8, 4) is 0 Å². The minimum atomic E-state index is -0.441. The van der Waals surface area contributed by atoms with Crippen molar-refractivity contribution in [2.75, 3.05) is 32.7 Å². The van der Waals surface area contributed by atoms with E-state index in [9.17, 15) is 19.7 Å². The van der Waals surface area contributed by atoms with Crippen molar-refractivity contribution in [3.63, 3.8) is 0 Å². The first-order valence-electron chi connectivity index (χ1n) is 12.5. The van der Waals surface area contributed by atoms with E-state index in [1.54, 1.807) is 24.0 Å². The second-order valence-corrected chi connectivity index (χ2v) is 9.95. The number of carbonyl (C=O) groups excluding carboxylic acids is 2. The number of carbonyl (C=O) groups is 2. The third kappa shape index (κ3) is 5.05. The third-order valence-electron chi connectivity index (χ3n) is 7.83. The third-order valence-corrected chi connectivity index (χ3v) is 7.83. The smallest absolute Gasteiger partial charge is 0.273 e. The molecule has 4 rings (SSSR count). The Morgan fingerprint density at radius 1 is 1.00 bits per heavy atom. The molecule has 2 heterocycles. The second kappa shape index (κ2) is 10.2. The molecular formula is C25H36N4O4. The fourth-order valence-electron chi connectivity index (χ4n) is 5.85. The highest BCUT2D eigenvalue weighted by Crippen LogP contribution is 2.33. The van der Waals surface area contributed by atoms with Crippen molar-refractivity contribution < 1.29 is 14.5 Å². The summed E-state index contributed by atoms with van der Waals surface area (Å²) in [4.78, 5) is 43.8. The largest absolute Gasteiger partial charge is 0.339 e. The zero-order valence-electron chi connectivity index (χ0n) is 19.9. The molecule has 180 valence electrons. The summed E-state index contributed by atoms with van der Waals surface area (Å²) in [6, 6.07) is 4.89. The highest BCUT2D eigenvalue weighted by molar-refractivity contribution is 5.95. The van der Waals surface area contributed by atoms with Crippen molar-refractivity contribution in [3.05, 3.63) is 39.4 Å². The Bertz CT molecular complexity index is 890. The normalized spacial score (nSPS) is 23.5. The van der Waals surface area contributed by atoms with E-state index in [1.165, 1.54) is 25.3 Å². The van der Waals surface area contributed by atoms with Crippen LogP contribution in [0.2, 0.25) is 0 Å². The first-order valence-corrected chi connectivity index (χ1v) is 12.5. The van der Waals surface area contributed by atoms with Crippen LogP contribution < -0.4 is 0 Å². The highest BCUT2D eigenvalue weighted by atomic mass is 16.6. The fraction of sp³-hybridized carbons (Fsp3) is 0.680. The molecule has 8 nitrogen and oxygen atoms in total. The predicted molar refractivity (Wildman–Crippen MR) is 126 cm³/mol. The van der Waals surface area contributed by atoms with Gasteiger partial charge in [0.1, 0.15) is 0 Å². The van der Waals surface area contributed by atoms with Crippen molar-refractivity contribution in [2.24, 2.45) is 5.92 Å². The number of amides is 2. The van der Waals surface area contributed by atoms with Crippen LogP contribution >= 0.6 is 0 Å². The lowest BCUT2D eigenvalue weighted by molar-refractivity contribution is -0.385.